The maximum absolute atomic E-state index is 12.6. The van der Waals surface area contributed by atoms with Gasteiger partial charge in [0.05, 0.1) is 11.3 Å². The summed E-state index contributed by atoms with van der Waals surface area (Å²) in [6.07, 6.45) is -2.48. The lowest BCUT2D eigenvalue weighted by Crippen LogP contribution is -2.04. The van der Waals surface area contributed by atoms with Gasteiger partial charge < -0.3 is 0 Å². The Balaban J connectivity index is 3.26. The summed E-state index contributed by atoms with van der Waals surface area (Å²) in [5, 5.41) is 0.339. The quantitative estimate of drug-likeness (QED) is 0.662. The third kappa shape index (κ3) is 4.13. The van der Waals surface area contributed by atoms with Gasteiger partial charge in [-0.15, -0.1) is 11.8 Å². The number of rotatable bonds is 4. The van der Waals surface area contributed by atoms with Crippen LogP contribution in [-0.2, 0) is 6.18 Å². The number of benzene rings is 1. The molecule has 1 aromatic rings. The fourth-order valence-electron chi connectivity index (χ4n) is 1.59. The molecule has 0 heterocycles. The van der Waals surface area contributed by atoms with Crippen molar-refractivity contribution in [3.8, 4) is 0 Å². The number of hydrogen-bond donors (Lipinski definition) is 0. The van der Waals surface area contributed by atoms with E-state index >= 15 is 0 Å². The summed E-state index contributed by atoms with van der Waals surface area (Å²) in [7, 11) is 0. The van der Waals surface area contributed by atoms with Crippen LogP contribution >= 0.6 is 11.8 Å². The van der Waals surface area contributed by atoms with Crippen molar-refractivity contribution < 1.29 is 13.2 Å². The zero-order valence-electron chi connectivity index (χ0n) is 11.1. The van der Waals surface area contributed by atoms with Gasteiger partial charge in [0.1, 0.15) is 0 Å². The fourth-order valence-corrected chi connectivity index (χ4v) is 2.53. The van der Waals surface area contributed by atoms with Gasteiger partial charge in [0, 0.05) is 15.7 Å². The van der Waals surface area contributed by atoms with Crippen molar-refractivity contribution in [2.24, 2.45) is 4.99 Å². The Morgan fingerprint density at radius 3 is 2.42 bits per heavy atom. The van der Waals surface area contributed by atoms with E-state index in [2.05, 4.69) is 11.7 Å². The summed E-state index contributed by atoms with van der Waals surface area (Å²) in [5.74, 6) is 0. The van der Waals surface area contributed by atoms with Crippen LogP contribution in [0.25, 0.3) is 4.91 Å². The summed E-state index contributed by atoms with van der Waals surface area (Å²) < 4.78 is 37.9. The first-order chi connectivity index (χ1) is 8.79. The second-order valence-corrected chi connectivity index (χ2v) is 5.83. The van der Waals surface area contributed by atoms with Crippen LogP contribution in [0.2, 0.25) is 0 Å². The molecule has 1 rings (SSSR count). The van der Waals surface area contributed by atoms with Gasteiger partial charge in [-0.3, -0.25) is 4.99 Å². The van der Waals surface area contributed by atoms with Crippen LogP contribution in [0.1, 0.15) is 31.9 Å². The summed E-state index contributed by atoms with van der Waals surface area (Å²) >= 11 is 1.59. The largest absolute Gasteiger partial charge is 0.416 e. The molecule has 0 spiro atoms. The first-order valence-corrected chi connectivity index (χ1v) is 6.69. The molecule has 0 aromatic heterocycles. The lowest BCUT2D eigenvalue weighted by molar-refractivity contribution is -0.137. The van der Waals surface area contributed by atoms with E-state index in [1.54, 1.807) is 11.8 Å². The summed E-state index contributed by atoms with van der Waals surface area (Å²) in [5.41, 5.74) is 0.240. The fraction of sp³-hybridized carbons (Fsp3) is 0.357. The van der Waals surface area contributed by atoms with Crippen LogP contribution in [0.5, 0.6) is 0 Å². The number of nitrogens with zero attached hydrogens (tertiary/aromatic N) is 1. The number of aliphatic imine (C=N–C) groups is 1. The molecule has 0 aliphatic carbocycles. The molecule has 0 radical (unpaired) electrons. The molecule has 0 aliphatic heterocycles. The average Bonchev–Trinajstić information content (AvgIpc) is 2.33. The van der Waals surface area contributed by atoms with Gasteiger partial charge in [-0.1, -0.05) is 26.0 Å². The van der Waals surface area contributed by atoms with Crippen molar-refractivity contribution in [2.45, 2.75) is 32.2 Å². The Morgan fingerprint density at radius 2 is 2.00 bits per heavy atom. The van der Waals surface area contributed by atoms with Crippen LogP contribution < -0.4 is 0 Å². The van der Waals surface area contributed by atoms with Gasteiger partial charge in [-0.05, 0) is 25.8 Å². The average molecular weight is 287 g/mol. The summed E-state index contributed by atoms with van der Waals surface area (Å²) in [6.45, 7) is 9.27. The third-order valence-electron chi connectivity index (χ3n) is 2.39. The van der Waals surface area contributed by atoms with Crippen molar-refractivity contribution in [1.82, 2.24) is 0 Å². The molecule has 5 heteroatoms. The summed E-state index contributed by atoms with van der Waals surface area (Å²) in [4.78, 5) is 4.63. The van der Waals surface area contributed by atoms with E-state index in [9.17, 15) is 13.2 Å². The normalized spacial score (nSPS) is 12.9. The first kappa shape index (κ1) is 15.8. The second-order valence-electron chi connectivity index (χ2n) is 4.21. The molecule has 0 amide bonds. The summed E-state index contributed by atoms with van der Waals surface area (Å²) in [6, 6.07) is 3.57. The van der Waals surface area contributed by atoms with Crippen LogP contribution in [0.15, 0.2) is 29.3 Å². The highest BCUT2D eigenvalue weighted by atomic mass is 32.2. The lowest BCUT2D eigenvalue weighted by Gasteiger charge is -2.14. The van der Waals surface area contributed by atoms with E-state index in [0.29, 0.717) is 10.8 Å². The maximum Gasteiger partial charge on any atom is 0.416 e. The predicted molar refractivity (Wildman–Crippen MR) is 77.0 cm³/mol. The second kappa shape index (κ2) is 6.28. The Hall–Kier alpha value is -1.23. The van der Waals surface area contributed by atoms with Gasteiger partial charge in [0.2, 0.25) is 0 Å². The zero-order valence-corrected chi connectivity index (χ0v) is 11.9. The smallest absolute Gasteiger partial charge is 0.264 e. The van der Waals surface area contributed by atoms with Crippen LogP contribution in [-0.4, -0.2) is 12.0 Å². The Bertz CT molecular complexity index is 490. The molecule has 0 N–H and O–H groups in total. The molecule has 0 atom stereocenters. The van der Waals surface area contributed by atoms with E-state index in [1.165, 1.54) is 6.07 Å². The van der Waals surface area contributed by atoms with Crippen LogP contribution in [0.3, 0.4) is 0 Å². The minimum Gasteiger partial charge on any atom is -0.264 e. The number of halogens is 3. The lowest BCUT2D eigenvalue weighted by atomic mass is 10.1. The first-order valence-electron chi connectivity index (χ1n) is 5.81. The zero-order chi connectivity index (χ0) is 14.6. The van der Waals surface area contributed by atoms with Gasteiger partial charge in [0.15, 0.2) is 0 Å². The number of alkyl halides is 3. The molecule has 1 aromatic carbocycles. The Morgan fingerprint density at radius 1 is 1.37 bits per heavy atom. The molecule has 0 saturated carbocycles. The monoisotopic (exact) mass is 287 g/mol. The molecule has 104 valence electrons. The van der Waals surface area contributed by atoms with Crippen molar-refractivity contribution in [2.75, 3.05) is 0 Å². The van der Waals surface area contributed by atoms with E-state index < -0.39 is 11.7 Å². The topological polar surface area (TPSA) is 12.4 Å². The Labute approximate surface area is 115 Å². The molecule has 0 bridgehead atoms. The molecular weight excluding hydrogens is 271 g/mol. The maximum atomic E-state index is 12.6. The highest BCUT2D eigenvalue weighted by Gasteiger charge is 2.31. The molecule has 0 unspecified atom stereocenters. The highest BCUT2D eigenvalue weighted by molar-refractivity contribution is 8.08. The van der Waals surface area contributed by atoms with Gasteiger partial charge in [-0.25, -0.2) is 0 Å². The predicted octanol–water partition coefficient (Wildman–Crippen LogP) is 5.54. The van der Waals surface area contributed by atoms with Crippen molar-refractivity contribution in [3.05, 3.63) is 35.4 Å². The minimum atomic E-state index is -4.36. The van der Waals surface area contributed by atoms with Crippen LogP contribution in [0.4, 0.5) is 18.9 Å². The van der Waals surface area contributed by atoms with E-state index in [-0.39, 0.29) is 5.69 Å². The number of allylic oxidation sites excluding steroid dienone is 1. The minimum absolute atomic E-state index is 0.260. The van der Waals surface area contributed by atoms with Gasteiger partial charge in [0.25, 0.3) is 0 Å². The molecule has 0 aliphatic rings. The van der Waals surface area contributed by atoms with Crippen LogP contribution in [0, 0.1) is 0 Å². The highest BCUT2D eigenvalue weighted by Crippen LogP contribution is 2.39. The van der Waals surface area contributed by atoms with E-state index in [4.69, 9.17) is 0 Å². The van der Waals surface area contributed by atoms with Gasteiger partial charge >= 0.3 is 6.18 Å². The third-order valence-corrected chi connectivity index (χ3v) is 3.57. The van der Waals surface area contributed by atoms with Crippen molar-refractivity contribution >= 4 is 29.1 Å². The van der Waals surface area contributed by atoms with Gasteiger partial charge in [-0.2, -0.15) is 13.2 Å². The van der Waals surface area contributed by atoms with E-state index in [1.807, 2.05) is 26.8 Å². The Kier molecular flexibility index (Phi) is 5.23. The van der Waals surface area contributed by atoms with Crippen molar-refractivity contribution in [1.29, 1.82) is 0 Å². The van der Waals surface area contributed by atoms with E-state index in [0.717, 1.165) is 17.0 Å². The standard InChI is InChI=1S/C14H16F3NS/c1-5-13(19-9(2)3)11-7-6-10(14(15,16)17)8-12(11)18-4/h5-9H,4H2,1-3H3/b13-5+. The number of thioether (sulfide) groups is 1. The molecule has 0 fully saturated rings. The number of hydrogen-bond acceptors (Lipinski definition) is 2. The molecule has 0 saturated heterocycles. The van der Waals surface area contributed by atoms with Crippen molar-refractivity contribution in [3.63, 3.8) is 0 Å². The molecule has 1 nitrogen and oxygen atoms in total. The SMILES string of the molecule is C=Nc1cc(C(F)(F)F)ccc1/C(=C\C)SC(C)C. The molecule has 19 heavy (non-hydrogen) atoms. The molecular formula is C14H16F3NS.